The van der Waals surface area contributed by atoms with Gasteiger partial charge in [-0.25, -0.2) is 0 Å². The number of amides is 3. The molecule has 6 rings (SSSR count). The molecule has 5 aliphatic rings. The fourth-order valence-corrected chi connectivity index (χ4v) is 8.42. The Labute approximate surface area is 235 Å². The molecule has 7 nitrogen and oxygen atoms in total. The minimum absolute atomic E-state index is 0.0404. The lowest BCUT2D eigenvalue weighted by Gasteiger charge is -2.44. The maximum absolute atomic E-state index is 14.4. The Hall–Kier alpha value is -2.32. The van der Waals surface area contributed by atoms with Gasteiger partial charge in [0.2, 0.25) is 17.7 Å². The van der Waals surface area contributed by atoms with E-state index in [1.165, 1.54) is 6.42 Å². The second-order valence-electron chi connectivity index (χ2n) is 12.3. The highest BCUT2D eigenvalue weighted by molar-refractivity contribution is 7.98. The molecule has 1 aromatic carbocycles. The Bertz CT molecular complexity index is 1170. The number of anilines is 1. The molecule has 210 valence electrons. The Morgan fingerprint density at radius 1 is 1.05 bits per heavy atom. The molecule has 2 saturated heterocycles. The Kier molecular flexibility index (Phi) is 7.29. The van der Waals surface area contributed by atoms with Gasteiger partial charge in [0, 0.05) is 22.7 Å². The molecule has 3 heterocycles. The molecule has 2 N–H and O–H groups in total. The first-order valence-electron chi connectivity index (χ1n) is 14.8. The summed E-state index contributed by atoms with van der Waals surface area (Å²) < 4.78 is 6.58. The number of thioether (sulfide) groups is 1. The van der Waals surface area contributed by atoms with Crippen LogP contribution in [0.3, 0.4) is 0 Å². The average Bonchev–Trinajstić information content (AvgIpc) is 3.58. The molecule has 0 radical (unpaired) electrons. The summed E-state index contributed by atoms with van der Waals surface area (Å²) >= 11 is 1.61. The van der Waals surface area contributed by atoms with Gasteiger partial charge >= 0.3 is 0 Å². The molecule has 39 heavy (non-hydrogen) atoms. The predicted molar refractivity (Wildman–Crippen MR) is 152 cm³/mol. The molecule has 3 aliphatic heterocycles. The number of fused-ring (bicyclic) bond motifs is 1. The fraction of sp³-hybridized carbons (Fsp3) is 0.645. The lowest BCUT2D eigenvalue weighted by atomic mass is 9.74. The predicted octanol–water partition coefficient (Wildman–Crippen LogP) is 4.77. The quantitative estimate of drug-likeness (QED) is 0.393. The van der Waals surface area contributed by atoms with E-state index in [9.17, 15) is 14.4 Å². The number of likely N-dealkylation sites (tertiary alicyclic amines) is 1. The van der Waals surface area contributed by atoms with Gasteiger partial charge in [-0.1, -0.05) is 64.2 Å². The van der Waals surface area contributed by atoms with Crippen LogP contribution in [0.1, 0.15) is 65.2 Å². The molecule has 4 fully saturated rings. The number of benzene rings is 1. The van der Waals surface area contributed by atoms with Crippen molar-refractivity contribution < 1.29 is 19.1 Å². The lowest BCUT2D eigenvalue weighted by molar-refractivity contribution is -0.146. The van der Waals surface area contributed by atoms with Crippen molar-refractivity contribution in [1.29, 1.82) is 0 Å². The summed E-state index contributed by atoms with van der Waals surface area (Å²) in [7, 11) is 0. The van der Waals surface area contributed by atoms with Crippen LogP contribution in [0.4, 0.5) is 5.69 Å². The second kappa shape index (κ2) is 10.6. The lowest BCUT2D eigenvalue weighted by Crippen LogP contribution is -2.60. The first-order chi connectivity index (χ1) is 18.8. The zero-order valence-electron chi connectivity index (χ0n) is 23.2. The van der Waals surface area contributed by atoms with Crippen LogP contribution in [0.15, 0.2) is 41.3 Å². The number of carbonyl (C=O) groups excluding carboxylic acids is 3. The van der Waals surface area contributed by atoms with Crippen LogP contribution in [0.5, 0.6) is 0 Å². The number of rotatable bonds is 6. The van der Waals surface area contributed by atoms with E-state index in [2.05, 4.69) is 24.5 Å². The van der Waals surface area contributed by atoms with Crippen molar-refractivity contribution in [1.82, 2.24) is 10.2 Å². The summed E-state index contributed by atoms with van der Waals surface area (Å²) in [5.41, 5.74) is -0.402. The number of carbonyl (C=O) groups is 3. The molecule has 0 aromatic heterocycles. The zero-order chi connectivity index (χ0) is 27.3. The molecular formula is C31H41N3O4S. The van der Waals surface area contributed by atoms with E-state index in [4.69, 9.17) is 4.74 Å². The zero-order valence-corrected chi connectivity index (χ0v) is 24.0. The number of nitrogens with zero attached hydrogens (tertiary/aromatic N) is 1. The van der Waals surface area contributed by atoms with Gasteiger partial charge in [0.25, 0.3) is 0 Å². The Morgan fingerprint density at radius 3 is 2.62 bits per heavy atom. The highest BCUT2D eigenvalue weighted by Gasteiger charge is 2.73. The summed E-state index contributed by atoms with van der Waals surface area (Å²) in [4.78, 5) is 45.3. The van der Waals surface area contributed by atoms with Crippen molar-refractivity contribution in [3.63, 3.8) is 0 Å². The number of hydrogen-bond donors (Lipinski definition) is 2. The van der Waals surface area contributed by atoms with Gasteiger partial charge in [-0.3, -0.25) is 14.4 Å². The molecule has 1 spiro atoms. The molecule has 0 unspecified atom stereocenters. The normalized spacial score (nSPS) is 37.7. The van der Waals surface area contributed by atoms with Crippen LogP contribution in [0.2, 0.25) is 0 Å². The largest absolute Gasteiger partial charge is 0.359 e. The topological polar surface area (TPSA) is 87.7 Å². The molecular weight excluding hydrogens is 510 g/mol. The minimum Gasteiger partial charge on any atom is -0.359 e. The van der Waals surface area contributed by atoms with Crippen LogP contribution < -0.4 is 10.6 Å². The second-order valence-corrected chi connectivity index (χ2v) is 13.2. The Morgan fingerprint density at radius 2 is 1.85 bits per heavy atom. The summed E-state index contributed by atoms with van der Waals surface area (Å²) in [6, 6.07) is 7.06. The molecule has 2 bridgehead atoms. The van der Waals surface area contributed by atoms with Crippen molar-refractivity contribution in [3.8, 4) is 0 Å². The summed E-state index contributed by atoms with van der Waals surface area (Å²) in [5, 5.41) is 6.37. The van der Waals surface area contributed by atoms with Gasteiger partial charge < -0.3 is 20.3 Å². The van der Waals surface area contributed by atoms with E-state index in [0.717, 1.165) is 49.8 Å². The maximum Gasteiger partial charge on any atom is 0.246 e. The van der Waals surface area contributed by atoms with Gasteiger partial charge in [0.1, 0.15) is 11.6 Å². The monoisotopic (exact) mass is 551 g/mol. The summed E-state index contributed by atoms with van der Waals surface area (Å²) in [6.45, 7) is 4.45. The van der Waals surface area contributed by atoms with Crippen molar-refractivity contribution in [2.45, 2.75) is 99.9 Å². The third kappa shape index (κ3) is 4.51. The molecule has 8 heteroatoms. The number of ether oxygens (including phenoxy) is 1. The van der Waals surface area contributed by atoms with Gasteiger partial charge in [0.05, 0.1) is 17.9 Å². The maximum atomic E-state index is 14.4. The van der Waals surface area contributed by atoms with E-state index in [1.807, 2.05) is 47.6 Å². The highest BCUT2D eigenvalue weighted by atomic mass is 32.2. The standard InChI is InChI=1S/C31H41N3O4S/c1-18-9-7-14-23(19(18)2)34-27(29(36)32-20-10-5-4-6-11-20)31-16-15-24(38-31)25(26(31)30(34)37)28(35)33-21-12-8-13-22(17-21)39-3/h8,12-13,15-20,23-27H,4-7,9-11,14H2,1-3H3,(H,32,36)(H,33,35)/t18-,19-,23+,24-,25+,26-,27-,31-/m0/s1. The Balaban J connectivity index is 1.33. The molecule has 2 aliphatic carbocycles. The first-order valence-corrected chi connectivity index (χ1v) is 16.0. The van der Waals surface area contributed by atoms with Crippen molar-refractivity contribution >= 4 is 35.2 Å². The van der Waals surface area contributed by atoms with Crippen molar-refractivity contribution in [3.05, 3.63) is 36.4 Å². The fourth-order valence-electron chi connectivity index (χ4n) is 7.96. The van der Waals surface area contributed by atoms with E-state index in [0.29, 0.717) is 11.6 Å². The van der Waals surface area contributed by atoms with Crippen LogP contribution in [-0.2, 0) is 19.1 Å². The third-order valence-corrected chi connectivity index (χ3v) is 10.9. The highest BCUT2D eigenvalue weighted by Crippen LogP contribution is 2.57. The molecule has 8 atom stereocenters. The summed E-state index contributed by atoms with van der Waals surface area (Å²) in [6.07, 6.45) is 13.7. The van der Waals surface area contributed by atoms with Crippen LogP contribution in [0, 0.1) is 23.7 Å². The first kappa shape index (κ1) is 26.9. The number of nitrogens with one attached hydrogen (secondary N) is 2. The van der Waals surface area contributed by atoms with Crippen LogP contribution in [0.25, 0.3) is 0 Å². The molecule has 3 amide bonds. The van der Waals surface area contributed by atoms with E-state index >= 15 is 0 Å². The van der Waals surface area contributed by atoms with Crippen molar-refractivity contribution in [2.75, 3.05) is 11.6 Å². The van der Waals surface area contributed by atoms with E-state index in [-0.39, 0.29) is 35.7 Å². The van der Waals surface area contributed by atoms with E-state index in [1.54, 1.807) is 11.8 Å². The smallest absolute Gasteiger partial charge is 0.246 e. The minimum atomic E-state index is -1.11. The van der Waals surface area contributed by atoms with Crippen LogP contribution in [-0.4, -0.2) is 58.7 Å². The molecule has 1 aromatic rings. The van der Waals surface area contributed by atoms with Crippen molar-refractivity contribution in [2.24, 2.45) is 23.7 Å². The number of hydrogen-bond acceptors (Lipinski definition) is 5. The van der Waals surface area contributed by atoms with Gasteiger partial charge in [-0.15, -0.1) is 11.8 Å². The average molecular weight is 552 g/mol. The summed E-state index contributed by atoms with van der Waals surface area (Å²) in [5.74, 6) is -1.09. The third-order valence-electron chi connectivity index (χ3n) is 10.2. The van der Waals surface area contributed by atoms with Crippen LogP contribution >= 0.6 is 11.8 Å². The molecule has 2 saturated carbocycles. The van der Waals surface area contributed by atoms with Gasteiger partial charge in [0.15, 0.2) is 0 Å². The van der Waals surface area contributed by atoms with E-state index < -0.39 is 29.6 Å². The van der Waals surface area contributed by atoms with Gasteiger partial charge in [-0.2, -0.15) is 0 Å². The van der Waals surface area contributed by atoms with Gasteiger partial charge in [-0.05, 0) is 55.6 Å². The SMILES string of the molecule is CSc1cccc(NC(=O)[C@@H]2[C@@H]3C=C[C@]4(O3)[C@@H]2C(=O)N([C@@H]2CCC[C@H](C)[C@@H]2C)[C@H]4C(=O)NC2CCCCC2)c1.